The third-order valence-corrected chi connectivity index (χ3v) is 31.9. The van der Waals surface area contributed by atoms with E-state index < -0.39 is 70.7 Å². The molecule has 4 saturated heterocycles. The number of nitrogens with zero attached hydrogens (tertiary/aromatic N) is 4. The Morgan fingerprint density at radius 2 is 0.617 bits per heavy atom. The van der Waals surface area contributed by atoms with Crippen LogP contribution in [0.1, 0.15) is 139 Å². The van der Waals surface area contributed by atoms with E-state index in [-0.39, 0.29) is 42.2 Å². The van der Waals surface area contributed by atoms with Crippen LogP contribution < -0.4 is 14.2 Å². The standard InChI is InChI=1S/C27H29NO5S.2C26H27NO5S.C25H24ClNO5S/c1-2-18-7-9-20(10-8-18)32-16-19(29)15-28-13-11-27(12-14-28)17-34-26-24(31)23(30)21-5-3-4-6-22(21)25(26)33-27;1-17-6-2-5-9-21(17)31-15-18(28)14-27-12-10-26(11-13-27)16-33-25-23(30)22(29)19-7-3-4-8-20(19)24(25)32-26;28-19(16-31-15-18-6-2-1-3-7-18)14-27-12-10-26(11-13-27)17-33-25-23(30)22(29)20-8-4-5-9-21(20)24(25)32-26;26-19-7-3-4-8-20(19)31-14-16(28)13-27-11-9-25(10-12-27)15-33-24-22(30)21(29)17-5-1-2-6-18(17)23(24)32-25/h3-10,19,29H,2,11-17H2,1H3;2-9,18,28H,10-16H2,1H3;1-9,19,28H,10-17H2;1-8,16,28H,9-15H2. The van der Waals surface area contributed by atoms with Crippen LogP contribution in [0.5, 0.6) is 17.2 Å². The summed E-state index contributed by atoms with van der Waals surface area (Å²) in [5.41, 5.74) is 6.48. The van der Waals surface area contributed by atoms with Crippen LogP contribution >= 0.6 is 58.6 Å². The molecule has 0 radical (unpaired) electrons. The van der Waals surface area contributed by atoms with Crippen molar-refractivity contribution in [1.82, 2.24) is 19.6 Å². The highest BCUT2D eigenvalue weighted by atomic mass is 35.5. The number of likely N-dealkylation sites (tertiary alicyclic amines) is 4. The number of aliphatic hydroxyl groups is 4. The minimum absolute atomic E-state index is 0.168. The smallest absolute Gasteiger partial charge is 0.243 e. The molecule has 12 aliphatic rings. The molecule has 0 aromatic heterocycles. The van der Waals surface area contributed by atoms with Crippen LogP contribution in [0.3, 0.4) is 0 Å². The molecule has 8 aliphatic heterocycles. The van der Waals surface area contributed by atoms with Gasteiger partial charge in [-0.2, -0.15) is 0 Å². The van der Waals surface area contributed by atoms with Crippen LogP contribution in [0.15, 0.2) is 220 Å². The Kier molecular flexibility index (Phi) is 30.0. The monoisotopic (exact) mass is 1890 g/mol. The first kappa shape index (κ1) is 94.8. The van der Waals surface area contributed by atoms with Crippen molar-refractivity contribution >= 4 is 128 Å². The molecular weight excluding hydrogens is 1790 g/mol. The molecule has 4 spiro atoms. The molecule has 8 heterocycles. The number of fused-ring (bicyclic) bond motifs is 8. The number of β-amino-alcohol motifs (C(OH)–C–C–N with tert-alkyl or cyclic N) is 4. The van der Waals surface area contributed by atoms with E-state index in [0.29, 0.717) is 144 Å². The number of carbonyl (C=O) groups excluding carboxylic acids is 8. The number of para-hydroxylation sites is 2. The lowest BCUT2D eigenvalue weighted by Gasteiger charge is -2.45. The van der Waals surface area contributed by atoms with Crippen molar-refractivity contribution in [1.29, 1.82) is 0 Å². The maximum absolute atomic E-state index is 12.6. The van der Waals surface area contributed by atoms with Crippen molar-refractivity contribution in [2.24, 2.45) is 0 Å². The van der Waals surface area contributed by atoms with Gasteiger partial charge in [0.15, 0.2) is 0 Å². The Morgan fingerprint density at radius 3 is 0.947 bits per heavy atom. The quantitative estimate of drug-likeness (QED) is 0.0458. The lowest BCUT2D eigenvalue weighted by molar-refractivity contribution is -0.112. The fraction of sp³-hybridized carbons (Fsp3) is 0.385. The summed E-state index contributed by atoms with van der Waals surface area (Å²) in [5.74, 6) is 3.31. The van der Waals surface area contributed by atoms with Gasteiger partial charge in [0, 0.05) is 197 Å². The van der Waals surface area contributed by atoms with Gasteiger partial charge in [0.2, 0.25) is 46.3 Å². The number of carbonyl (C=O) groups is 8. The van der Waals surface area contributed by atoms with E-state index in [9.17, 15) is 58.8 Å². The second-order valence-electron chi connectivity index (χ2n) is 35.7. The molecular formula is C104H107ClN4O20S4. The lowest BCUT2D eigenvalue weighted by atomic mass is 9.90. The van der Waals surface area contributed by atoms with E-state index in [1.165, 1.54) is 52.6 Å². The number of ether oxygens (including phenoxy) is 8. The number of ketones is 8. The maximum atomic E-state index is 12.6. The summed E-state index contributed by atoms with van der Waals surface area (Å²) in [6, 6.07) is 61.6. The molecule has 4 atom stereocenters. The van der Waals surface area contributed by atoms with Crippen molar-refractivity contribution in [3.8, 4) is 17.2 Å². The number of rotatable bonds is 22. The van der Waals surface area contributed by atoms with Crippen LogP contribution in [-0.2, 0) is 55.9 Å². The number of hydrogen-bond acceptors (Lipinski definition) is 28. The van der Waals surface area contributed by atoms with Crippen LogP contribution in [-0.4, -0.2) is 261 Å². The number of piperidine rings is 4. The van der Waals surface area contributed by atoms with Crippen molar-refractivity contribution < 1.29 is 96.7 Å². The van der Waals surface area contributed by atoms with E-state index in [4.69, 9.17) is 49.5 Å². The van der Waals surface area contributed by atoms with Gasteiger partial charge in [-0.3, -0.25) is 38.4 Å². The van der Waals surface area contributed by atoms with Gasteiger partial charge in [-0.25, -0.2) is 0 Å². The molecule has 8 aromatic carbocycles. The number of allylic oxidation sites excluding steroid dienone is 4. The van der Waals surface area contributed by atoms with E-state index in [1.807, 2.05) is 146 Å². The van der Waals surface area contributed by atoms with Crippen LogP contribution in [0, 0.1) is 6.92 Å². The number of thioether (sulfide) groups is 4. The summed E-state index contributed by atoms with van der Waals surface area (Å²) in [6.07, 6.45) is 5.00. The van der Waals surface area contributed by atoms with Crippen molar-refractivity contribution in [2.75, 3.05) is 128 Å². The zero-order valence-electron chi connectivity index (χ0n) is 74.2. The molecule has 0 bridgehead atoms. The van der Waals surface area contributed by atoms with Crippen LogP contribution in [0.25, 0.3) is 23.0 Å². The Morgan fingerprint density at radius 1 is 0.331 bits per heavy atom. The Balaban J connectivity index is 0.000000124. The largest absolute Gasteiger partial charge is 0.491 e. The summed E-state index contributed by atoms with van der Waals surface area (Å²) in [4.78, 5) is 111. The normalized spacial score (nSPS) is 20.7. The van der Waals surface area contributed by atoms with Gasteiger partial charge in [0.25, 0.3) is 0 Å². The van der Waals surface area contributed by atoms with Gasteiger partial charge in [-0.1, -0.05) is 188 Å². The highest BCUT2D eigenvalue weighted by molar-refractivity contribution is 8.05. The molecule has 29 heteroatoms. The second-order valence-corrected chi connectivity index (χ2v) is 40.0. The summed E-state index contributed by atoms with van der Waals surface area (Å²) in [7, 11) is 0. The highest BCUT2D eigenvalue weighted by Crippen LogP contribution is 2.53. The number of Topliss-reactive ketones (excluding diaryl/α,β-unsaturated/α-hetero) is 8. The number of aryl methyl sites for hydroxylation is 2. The molecule has 8 aromatic rings. The second kappa shape index (κ2) is 42.1. The maximum Gasteiger partial charge on any atom is 0.243 e. The summed E-state index contributed by atoms with van der Waals surface area (Å²) >= 11 is 11.9. The zero-order chi connectivity index (χ0) is 92.5. The minimum Gasteiger partial charge on any atom is -0.491 e. The average Bonchev–Trinajstić information content (AvgIpc) is 0.756. The average molecular weight is 1900 g/mol. The predicted octanol–water partition coefficient (Wildman–Crippen LogP) is 14.3. The van der Waals surface area contributed by atoms with Gasteiger partial charge >= 0.3 is 0 Å². The molecule has 24 nitrogen and oxygen atoms in total. The van der Waals surface area contributed by atoms with Crippen LogP contribution in [0.2, 0.25) is 5.02 Å². The number of benzene rings is 8. The Bertz CT molecular complexity index is 5670. The number of halogens is 1. The van der Waals surface area contributed by atoms with Gasteiger partial charge in [-0.05, 0) is 60.4 Å². The zero-order valence-corrected chi connectivity index (χ0v) is 78.2. The topological polar surface area (TPSA) is 304 Å². The molecule has 4 unspecified atom stereocenters. The molecule has 0 saturated carbocycles. The van der Waals surface area contributed by atoms with Crippen molar-refractivity contribution in [2.45, 2.75) is 125 Å². The van der Waals surface area contributed by atoms with Crippen LogP contribution in [0.4, 0.5) is 0 Å². The predicted molar refractivity (Wildman–Crippen MR) is 514 cm³/mol. The summed E-state index contributed by atoms with van der Waals surface area (Å²) < 4.78 is 48.9. The highest BCUT2D eigenvalue weighted by Gasteiger charge is 2.52. The first-order valence-corrected chi connectivity index (χ1v) is 49.7. The molecule has 694 valence electrons. The first-order valence-electron chi connectivity index (χ1n) is 45.4. The molecule has 4 N–H and O–H groups in total. The van der Waals surface area contributed by atoms with Gasteiger partial charge in [-0.15, -0.1) is 47.0 Å². The molecule has 4 aliphatic carbocycles. The molecule has 4 fully saturated rings. The van der Waals surface area contributed by atoms with Gasteiger partial charge in [0.1, 0.15) is 120 Å². The fourth-order valence-electron chi connectivity index (χ4n) is 18.6. The van der Waals surface area contributed by atoms with E-state index in [1.54, 1.807) is 60.7 Å². The molecule has 20 rings (SSSR count). The van der Waals surface area contributed by atoms with Gasteiger partial charge < -0.3 is 77.9 Å². The first-order chi connectivity index (χ1) is 64.4. The SMILES string of the molecule is CCc1ccc(OCC(O)CN2CCC3(CC2)CSC2=C(O3)c3ccccc3C(=O)C2=O)cc1.Cc1ccccc1OCC(O)CN1CCC2(CC1)CSC1=C(O2)c2ccccc2C(=O)C1=O.O=C1C(=O)c2ccccc2C2=C1SCC1(CCN(CC(O)COCc3ccccc3)CC1)O2.O=C1C(=O)c2ccccc2C2=C1SCC1(CCN(CC(O)COc3ccccc3Cl)CC1)O2. The third kappa shape index (κ3) is 21.6. The Labute approximate surface area is 795 Å². The summed E-state index contributed by atoms with van der Waals surface area (Å²) in [5, 5.41) is 42.4. The number of aliphatic hydroxyl groups excluding tert-OH is 4. The van der Waals surface area contributed by atoms with Crippen molar-refractivity contribution in [3.05, 3.63) is 286 Å². The molecule has 0 amide bonds. The fourth-order valence-corrected chi connectivity index (χ4v) is 23.8. The third-order valence-electron chi connectivity index (χ3n) is 26.3. The summed E-state index contributed by atoms with van der Waals surface area (Å²) in [6.45, 7) is 14.0. The van der Waals surface area contributed by atoms with Gasteiger partial charge in [0.05, 0.1) is 24.3 Å². The molecule has 133 heavy (non-hydrogen) atoms. The number of hydrogen-bond donors (Lipinski definition) is 4. The lowest BCUT2D eigenvalue weighted by Crippen LogP contribution is -2.51. The van der Waals surface area contributed by atoms with E-state index in [2.05, 4.69) is 26.5 Å². The minimum atomic E-state index is -0.639. The van der Waals surface area contributed by atoms with E-state index >= 15 is 0 Å². The van der Waals surface area contributed by atoms with Crippen molar-refractivity contribution in [3.63, 3.8) is 0 Å². The van der Waals surface area contributed by atoms with E-state index in [0.717, 1.165) is 149 Å². The Hall–Kier alpha value is -9.99.